The number of anilines is 1. The lowest BCUT2D eigenvalue weighted by molar-refractivity contribution is -0.114. The fourth-order valence-electron chi connectivity index (χ4n) is 2.01. The maximum atomic E-state index is 11.9. The summed E-state index contributed by atoms with van der Waals surface area (Å²) in [4.78, 5) is 25.1. The van der Waals surface area contributed by atoms with Crippen molar-refractivity contribution in [3.8, 4) is 0 Å². The molecule has 1 aliphatic heterocycles. The van der Waals surface area contributed by atoms with E-state index in [1.165, 1.54) is 4.90 Å². The third-order valence-corrected chi connectivity index (χ3v) is 3.76. The van der Waals surface area contributed by atoms with Crippen molar-refractivity contribution in [3.05, 3.63) is 29.3 Å². The Kier molecular flexibility index (Phi) is 3.82. The standard InChI is InChI=1S/C13H14BrNO3/c1-2-8-3-4-11-10(5-8)12(17)13(18)15(11)7-9(16)6-14/h3-5,9,16H,2,6-7H2,1H3. The number of halogens is 1. The molecule has 1 N–H and O–H groups in total. The maximum absolute atomic E-state index is 11.9. The van der Waals surface area contributed by atoms with Crippen LogP contribution < -0.4 is 4.90 Å². The van der Waals surface area contributed by atoms with Gasteiger partial charge in [-0.2, -0.15) is 0 Å². The van der Waals surface area contributed by atoms with Crippen molar-refractivity contribution < 1.29 is 14.7 Å². The van der Waals surface area contributed by atoms with E-state index in [4.69, 9.17) is 0 Å². The van der Waals surface area contributed by atoms with Crippen LogP contribution in [-0.2, 0) is 11.2 Å². The first-order chi connectivity index (χ1) is 8.58. The number of aliphatic hydroxyl groups is 1. The zero-order valence-electron chi connectivity index (χ0n) is 10.0. The van der Waals surface area contributed by atoms with Gasteiger partial charge in [0, 0.05) is 5.33 Å². The van der Waals surface area contributed by atoms with Gasteiger partial charge in [0.15, 0.2) is 0 Å². The number of carbonyl (C=O) groups is 2. The molecule has 0 radical (unpaired) electrons. The highest BCUT2D eigenvalue weighted by atomic mass is 79.9. The van der Waals surface area contributed by atoms with Crippen LogP contribution in [0.3, 0.4) is 0 Å². The van der Waals surface area contributed by atoms with Gasteiger partial charge in [-0.1, -0.05) is 28.9 Å². The number of ketones is 1. The first-order valence-corrected chi connectivity index (χ1v) is 6.93. The van der Waals surface area contributed by atoms with Gasteiger partial charge in [-0.3, -0.25) is 9.59 Å². The number of fused-ring (bicyclic) bond motifs is 1. The molecule has 1 heterocycles. The van der Waals surface area contributed by atoms with Gasteiger partial charge in [0.1, 0.15) is 0 Å². The number of hydrogen-bond acceptors (Lipinski definition) is 3. The van der Waals surface area contributed by atoms with Crippen LogP contribution in [0, 0.1) is 0 Å². The van der Waals surface area contributed by atoms with Crippen LogP contribution in [0.25, 0.3) is 0 Å². The average molecular weight is 312 g/mol. The lowest BCUT2D eigenvalue weighted by Crippen LogP contribution is -2.37. The van der Waals surface area contributed by atoms with Crippen LogP contribution >= 0.6 is 15.9 Å². The molecule has 1 aliphatic rings. The Bertz CT molecular complexity index is 501. The van der Waals surface area contributed by atoms with E-state index >= 15 is 0 Å². The normalized spacial score (nSPS) is 16.1. The Morgan fingerprint density at radius 1 is 1.39 bits per heavy atom. The minimum atomic E-state index is -0.682. The summed E-state index contributed by atoms with van der Waals surface area (Å²) in [6, 6.07) is 5.44. The molecule has 0 bridgehead atoms. The van der Waals surface area contributed by atoms with Crippen LogP contribution in [0.2, 0.25) is 0 Å². The molecular weight excluding hydrogens is 298 g/mol. The predicted molar refractivity (Wildman–Crippen MR) is 72.3 cm³/mol. The van der Waals surface area contributed by atoms with E-state index in [2.05, 4.69) is 15.9 Å². The van der Waals surface area contributed by atoms with Crippen LogP contribution in [0.1, 0.15) is 22.8 Å². The third kappa shape index (κ3) is 2.20. The lowest BCUT2D eigenvalue weighted by atomic mass is 10.1. The summed E-state index contributed by atoms with van der Waals surface area (Å²) in [5, 5.41) is 9.97. The highest BCUT2D eigenvalue weighted by molar-refractivity contribution is 9.09. The van der Waals surface area contributed by atoms with E-state index in [1.54, 1.807) is 12.1 Å². The number of amides is 1. The Morgan fingerprint density at radius 3 is 2.72 bits per heavy atom. The number of carbonyl (C=O) groups excluding carboxylic acids is 2. The van der Waals surface area contributed by atoms with Crippen LogP contribution in [0.15, 0.2) is 18.2 Å². The van der Waals surface area contributed by atoms with Crippen LogP contribution in [0.5, 0.6) is 0 Å². The molecule has 1 atom stereocenters. The molecule has 1 aromatic rings. The van der Waals surface area contributed by atoms with Crippen molar-refractivity contribution >= 4 is 33.3 Å². The van der Waals surface area contributed by atoms with Crippen molar-refractivity contribution in [1.29, 1.82) is 0 Å². The molecule has 0 fully saturated rings. The summed E-state index contributed by atoms with van der Waals surface area (Å²) in [7, 11) is 0. The summed E-state index contributed by atoms with van der Waals surface area (Å²) in [5.41, 5.74) is 2.07. The number of Topliss-reactive ketones (excluding diaryl/α,β-unsaturated/α-hetero) is 1. The number of β-amino-alcohol motifs (C(OH)–C–C–N with tert-alkyl or cyclic N) is 1. The summed E-state index contributed by atoms with van der Waals surface area (Å²) < 4.78 is 0. The number of hydrogen-bond donors (Lipinski definition) is 1. The number of aliphatic hydroxyl groups excluding tert-OH is 1. The zero-order chi connectivity index (χ0) is 13.3. The van der Waals surface area contributed by atoms with Gasteiger partial charge in [-0.15, -0.1) is 0 Å². The smallest absolute Gasteiger partial charge is 0.299 e. The van der Waals surface area contributed by atoms with E-state index in [0.717, 1.165) is 12.0 Å². The molecule has 1 unspecified atom stereocenters. The van der Waals surface area contributed by atoms with Gasteiger partial charge in [0.05, 0.1) is 23.9 Å². The molecule has 2 rings (SSSR count). The number of nitrogens with zero attached hydrogens (tertiary/aromatic N) is 1. The van der Waals surface area contributed by atoms with Crippen molar-refractivity contribution in [3.63, 3.8) is 0 Å². The van der Waals surface area contributed by atoms with Gasteiger partial charge < -0.3 is 10.0 Å². The lowest BCUT2D eigenvalue weighted by Gasteiger charge is -2.19. The van der Waals surface area contributed by atoms with Gasteiger partial charge in [0.25, 0.3) is 11.7 Å². The minimum Gasteiger partial charge on any atom is -0.390 e. The fraction of sp³-hybridized carbons (Fsp3) is 0.385. The molecule has 0 aromatic heterocycles. The Hall–Kier alpha value is -1.20. The average Bonchev–Trinajstić information content (AvgIpc) is 2.63. The quantitative estimate of drug-likeness (QED) is 0.678. The second-order valence-electron chi connectivity index (χ2n) is 4.26. The molecule has 18 heavy (non-hydrogen) atoms. The van der Waals surface area contributed by atoms with Crippen LogP contribution in [0.4, 0.5) is 5.69 Å². The molecule has 96 valence electrons. The maximum Gasteiger partial charge on any atom is 0.299 e. The molecule has 0 spiro atoms. The van der Waals surface area contributed by atoms with Gasteiger partial charge in [-0.25, -0.2) is 0 Å². The molecule has 1 aromatic carbocycles. The van der Waals surface area contributed by atoms with Gasteiger partial charge in [-0.05, 0) is 24.1 Å². The second-order valence-corrected chi connectivity index (χ2v) is 4.91. The third-order valence-electron chi connectivity index (χ3n) is 3.02. The highest BCUT2D eigenvalue weighted by Gasteiger charge is 2.36. The molecule has 0 saturated heterocycles. The van der Waals surface area contributed by atoms with E-state index in [-0.39, 0.29) is 6.54 Å². The SMILES string of the molecule is CCc1ccc2c(c1)C(=O)C(=O)N2CC(O)CBr. The van der Waals surface area contributed by atoms with E-state index in [1.807, 2.05) is 13.0 Å². The number of rotatable bonds is 4. The van der Waals surface area contributed by atoms with Crippen molar-refractivity contribution in [2.75, 3.05) is 16.8 Å². The van der Waals surface area contributed by atoms with E-state index in [9.17, 15) is 14.7 Å². The van der Waals surface area contributed by atoms with Crippen molar-refractivity contribution in [2.24, 2.45) is 0 Å². The topological polar surface area (TPSA) is 57.6 Å². The van der Waals surface area contributed by atoms with Crippen LogP contribution in [-0.4, -0.2) is 34.8 Å². The van der Waals surface area contributed by atoms with E-state index in [0.29, 0.717) is 16.6 Å². The molecule has 5 heteroatoms. The van der Waals surface area contributed by atoms with Crippen molar-refractivity contribution in [2.45, 2.75) is 19.4 Å². The highest BCUT2D eigenvalue weighted by Crippen LogP contribution is 2.30. The summed E-state index contributed by atoms with van der Waals surface area (Å²) in [6.45, 7) is 2.13. The molecule has 1 amide bonds. The predicted octanol–water partition coefficient (Wildman–Crippen LogP) is 1.53. The zero-order valence-corrected chi connectivity index (χ0v) is 11.6. The Labute approximate surface area is 114 Å². The Morgan fingerprint density at radius 2 is 2.11 bits per heavy atom. The summed E-state index contributed by atoms with van der Waals surface area (Å²) >= 11 is 3.15. The first kappa shape index (κ1) is 13.2. The molecule has 4 nitrogen and oxygen atoms in total. The van der Waals surface area contributed by atoms with E-state index < -0.39 is 17.8 Å². The second kappa shape index (κ2) is 5.20. The monoisotopic (exact) mass is 311 g/mol. The summed E-state index contributed by atoms with van der Waals surface area (Å²) in [5.74, 6) is -1.04. The fourth-order valence-corrected chi connectivity index (χ4v) is 2.21. The first-order valence-electron chi connectivity index (χ1n) is 5.81. The number of alkyl halides is 1. The number of aryl methyl sites for hydroxylation is 1. The van der Waals surface area contributed by atoms with Crippen molar-refractivity contribution in [1.82, 2.24) is 0 Å². The Balaban J connectivity index is 2.37. The molecule has 0 saturated carbocycles. The van der Waals surface area contributed by atoms with Gasteiger partial charge in [0.2, 0.25) is 0 Å². The van der Waals surface area contributed by atoms with Gasteiger partial charge >= 0.3 is 0 Å². The molecular formula is C13H14BrNO3. The largest absolute Gasteiger partial charge is 0.390 e. The number of benzene rings is 1. The summed E-state index contributed by atoms with van der Waals surface area (Å²) in [6.07, 6.45) is 0.136. The minimum absolute atomic E-state index is 0.133. The molecule has 0 aliphatic carbocycles.